The Morgan fingerprint density at radius 3 is 2.36 bits per heavy atom. The van der Waals surface area contributed by atoms with E-state index in [0.717, 1.165) is 26.8 Å². The van der Waals surface area contributed by atoms with Gasteiger partial charge in [-0.05, 0) is 56.8 Å². The Kier molecular flexibility index (Phi) is 5.81. The molecular weight excluding hydrogens is 396 g/mol. The summed E-state index contributed by atoms with van der Waals surface area (Å²) in [5.74, 6) is -1.74. The third kappa shape index (κ3) is 3.93. The van der Waals surface area contributed by atoms with Crippen LogP contribution in [0.15, 0.2) is 29.6 Å². The summed E-state index contributed by atoms with van der Waals surface area (Å²) < 4.78 is 7.22. The standard InChI is InChI=1S/C20H20N2O4S2/c1-11-7-8-12(2)22(11)19-17(13(3)14(4)28-19)20(25)26-10-16(23)21-18(24)15-6-5-9-27-15/h5-9H,10H2,1-4H3,(H,21,23,24). The zero-order chi connectivity index (χ0) is 20.4. The number of carbonyl (C=O) groups excluding carboxylic acids is 3. The maximum atomic E-state index is 12.7. The Morgan fingerprint density at radius 2 is 1.75 bits per heavy atom. The molecule has 0 radical (unpaired) electrons. The van der Waals surface area contributed by atoms with E-state index in [1.165, 1.54) is 22.7 Å². The molecule has 3 aromatic rings. The van der Waals surface area contributed by atoms with Gasteiger partial charge in [0.1, 0.15) is 5.00 Å². The summed E-state index contributed by atoms with van der Waals surface area (Å²) >= 11 is 2.74. The molecule has 1 N–H and O–H groups in total. The van der Waals surface area contributed by atoms with Crippen molar-refractivity contribution >= 4 is 40.5 Å². The first-order valence-corrected chi connectivity index (χ1v) is 10.3. The number of esters is 1. The molecule has 0 aliphatic carbocycles. The highest BCUT2D eigenvalue weighted by Crippen LogP contribution is 2.33. The van der Waals surface area contributed by atoms with E-state index < -0.39 is 24.4 Å². The molecule has 146 valence electrons. The Bertz CT molecular complexity index is 1030. The van der Waals surface area contributed by atoms with Gasteiger partial charge in [0.05, 0.1) is 10.4 Å². The van der Waals surface area contributed by atoms with E-state index in [0.29, 0.717) is 10.4 Å². The molecule has 6 nitrogen and oxygen atoms in total. The molecule has 0 atom stereocenters. The SMILES string of the molecule is Cc1sc(-n2c(C)ccc2C)c(C(=O)OCC(=O)NC(=O)c2cccs2)c1C. The summed E-state index contributed by atoms with van der Waals surface area (Å²) in [6.07, 6.45) is 0. The number of imide groups is 1. The zero-order valence-corrected chi connectivity index (χ0v) is 17.6. The minimum atomic E-state index is -0.661. The number of hydrogen-bond acceptors (Lipinski definition) is 6. The van der Waals surface area contributed by atoms with Gasteiger partial charge in [0.25, 0.3) is 11.8 Å². The number of nitrogens with zero attached hydrogens (tertiary/aromatic N) is 1. The van der Waals surface area contributed by atoms with Crippen LogP contribution >= 0.6 is 22.7 Å². The zero-order valence-electron chi connectivity index (χ0n) is 16.0. The molecule has 8 heteroatoms. The van der Waals surface area contributed by atoms with E-state index in [-0.39, 0.29) is 0 Å². The van der Waals surface area contributed by atoms with Crippen molar-refractivity contribution in [3.63, 3.8) is 0 Å². The molecule has 0 fully saturated rings. The first-order valence-electron chi connectivity index (χ1n) is 8.59. The van der Waals surface area contributed by atoms with Crippen LogP contribution in [0.3, 0.4) is 0 Å². The lowest BCUT2D eigenvalue weighted by Gasteiger charge is -2.11. The maximum absolute atomic E-state index is 12.7. The van der Waals surface area contributed by atoms with Gasteiger partial charge >= 0.3 is 5.97 Å². The van der Waals surface area contributed by atoms with Crippen LogP contribution in [0.25, 0.3) is 5.00 Å². The molecule has 28 heavy (non-hydrogen) atoms. The Labute approximate surface area is 170 Å². The molecule has 0 aromatic carbocycles. The summed E-state index contributed by atoms with van der Waals surface area (Å²) in [7, 11) is 0. The summed E-state index contributed by atoms with van der Waals surface area (Å²) in [4.78, 5) is 38.1. The van der Waals surface area contributed by atoms with E-state index in [1.807, 2.05) is 44.4 Å². The van der Waals surface area contributed by atoms with Crippen molar-refractivity contribution in [2.24, 2.45) is 0 Å². The average Bonchev–Trinajstić information content (AvgIpc) is 3.35. The third-order valence-corrected chi connectivity index (χ3v) is 6.44. The van der Waals surface area contributed by atoms with Gasteiger partial charge in [-0.1, -0.05) is 6.07 Å². The van der Waals surface area contributed by atoms with Crippen molar-refractivity contribution in [3.8, 4) is 5.00 Å². The van der Waals surface area contributed by atoms with Gasteiger partial charge in [0.15, 0.2) is 6.61 Å². The molecule has 3 aromatic heterocycles. The summed E-state index contributed by atoms with van der Waals surface area (Å²) in [5.41, 5.74) is 3.29. The molecule has 0 aliphatic rings. The van der Waals surface area contributed by atoms with E-state index in [4.69, 9.17) is 4.74 Å². The molecule has 0 saturated heterocycles. The Morgan fingerprint density at radius 1 is 1.07 bits per heavy atom. The minimum absolute atomic E-state index is 0.421. The molecular formula is C20H20N2O4S2. The monoisotopic (exact) mass is 416 g/mol. The van der Waals surface area contributed by atoms with Gasteiger partial charge in [-0.25, -0.2) is 4.79 Å². The minimum Gasteiger partial charge on any atom is -0.452 e. The summed E-state index contributed by atoms with van der Waals surface area (Å²) in [6, 6.07) is 7.31. The number of hydrogen-bond donors (Lipinski definition) is 1. The average molecular weight is 417 g/mol. The second kappa shape index (κ2) is 8.12. The lowest BCUT2D eigenvalue weighted by Crippen LogP contribution is -2.33. The van der Waals surface area contributed by atoms with Crippen molar-refractivity contribution in [2.45, 2.75) is 27.7 Å². The van der Waals surface area contributed by atoms with Gasteiger partial charge in [0, 0.05) is 16.3 Å². The molecule has 0 saturated carbocycles. The predicted octanol–water partition coefficient (Wildman–Crippen LogP) is 3.95. The molecule has 0 unspecified atom stereocenters. The lowest BCUT2D eigenvalue weighted by atomic mass is 10.1. The van der Waals surface area contributed by atoms with Crippen LogP contribution in [0.4, 0.5) is 0 Å². The van der Waals surface area contributed by atoms with Crippen LogP contribution in [0.5, 0.6) is 0 Å². The highest BCUT2D eigenvalue weighted by atomic mass is 32.1. The van der Waals surface area contributed by atoms with Gasteiger partial charge in [-0.15, -0.1) is 22.7 Å². The number of ether oxygens (including phenoxy) is 1. The number of rotatable bonds is 5. The molecule has 0 spiro atoms. The topological polar surface area (TPSA) is 77.4 Å². The van der Waals surface area contributed by atoms with Crippen LogP contribution in [-0.2, 0) is 9.53 Å². The van der Waals surface area contributed by atoms with Crippen LogP contribution in [0, 0.1) is 27.7 Å². The maximum Gasteiger partial charge on any atom is 0.341 e. The molecule has 0 aliphatic heterocycles. The van der Waals surface area contributed by atoms with E-state index >= 15 is 0 Å². The molecule has 3 heterocycles. The Balaban J connectivity index is 1.74. The van der Waals surface area contributed by atoms with Crippen molar-refractivity contribution in [1.82, 2.24) is 9.88 Å². The van der Waals surface area contributed by atoms with Gasteiger partial charge in [-0.2, -0.15) is 0 Å². The number of amides is 2. The van der Waals surface area contributed by atoms with E-state index in [1.54, 1.807) is 17.5 Å². The fraction of sp³-hybridized carbons (Fsp3) is 0.250. The first-order chi connectivity index (χ1) is 13.3. The van der Waals surface area contributed by atoms with Crippen LogP contribution < -0.4 is 5.32 Å². The highest BCUT2D eigenvalue weighted by molar-refractivity contribution is 7.15. The smallest absolute Gasteiger partial charge is 0.341 e. The second-order valence-electron chi connectivity index (χ2n) is 6.35. The van der Waals surface area contributed by atoms with Crippen molar-refractivity contribution < 1.29 is 19.1 Å². The normalized spacial score (nSPS) is 10.7. The predicted molar refractivity (Wildman–Crippen MR) is 110 cm³/mol. The Hall–Kier alpha value is -2.71. The van der Waals surface area contributed by atoms with Crippen molar-refractivity contribution in [3.05, 3.63) is 61.9 Å². The highest BCUT2D eigenvalue weighted by Gasteiger charge is 2.24. The van der Waals surface area contributed by atoms with E-state index in [9.17, 15) is 14.4 Å². The number of aryl methyl sites for hydroxylation is 3. The number of thiophene rings is 2. The fourth-order valence-electron chi connectivity index (χ4n) is 2.83. The van der Waals surface area contributed by atoms with Gasteiger partial charge in [0.2, 0.25) is 0 Å². The number of nitrogens with one attached hydrogen (secondary N) is 1. The second-order valence-corrected chi connectivity index (χ2v) is 8.50. The van der Waals surface area contributed by atoms with Crippen molar-refractivity contribution in [1.29, 1.82) is 0 Å². The quantitative estimate of drug-likeness (QED) is 0.639. The fourth-order valence-corrected chi connectivity index (χ4v) is 4.71. The van der Waals surface area contributed by atoms with Gasteiger partial charge in [-0.3, -0.25) is 14.9 Å². The van der Waals surface area contributed by atoms with Crippen LogP contribution in [0.1, 0.15) is 41.9 Å². The van der Waals surface area contributed by atoms with Crippen LogP contribution in [0.2, 0.25) is 0 Å². The van der Waals surface area contributed by atoms with Gasteiger partial charge < -0.3 is 9.30 Å². The largest absolute Gasteiger partial charge is 0.452 e. The summed E-state index contributed by atoms with van der Waals surface area (Å²) in [5, 5.41) is 4.74. The molecule has 2 amide bonds. The van der Waals surface area contributed by atoms with Crippen LogP contribution in [-0.4, -0.2) is 29.0 Å². The van der Waals surface area contributed by atoms with E-state index in [2.05, 4.69) is 5.32 Å². The molecule has 3 rings (SSSR count). The number of aromatic nitrogens is 1. The molecule has 0 bridgehead atoms. The third-order valence-electron chi connectivity index (χ3n) is 4.38. The first kappa shape index (κ1) is 20.0. The summed E-state index contributed by atoms with van der Waals surface area (Å²) in [6.45, 7) is 7.22. The lowest BCUT2D eigenvalue weighted by molar-refractivity contribution is -0.123. The number of carbonyl (C=O) groups is 3. The van der Waals surface area contributed by atoms with Crippen molar-refractivity contribution in [2.75, 3.05) is 6.61 Å².